The molecule has 4 N–H and O–H groups in total. The van der Waals surface area contributed by atoms with Crippen LogP contribution < -0.4 is 16.4 Å². The largest absolute Gasteiger partial charge is 0.369 e. The van der Waals surface area contributed by atoms with Crippen LogP contribution >= 0.6 is 34.8 Å². The molecule has 2 aliphatic rings. The number of fused-ring (bicyclic) bond motifs is 1. The molecule has 0 aliphatic heterocycles. The van der Waals surface area contributed by atoms with Gasteiger partial charge in [-0.05, 0) is 63.5 Å². The van der Waals surface area contributed by atoms with Crippen LogP contribution in [0, 0.1) is 5.92 Å². The van der Waals surface area contributed by atoms with Crippen molar-refractivity contribution in [1.82, 2.24) is 29.7 Å². The van der Waals surface area contributed by atoms with E-state index in [1.54, 1.807) is 18.3 Å². The van der Waals surface area contributed by atoms with Gasteiger partial charge in [0.1, 0.15) is 5.52 Å². The number of halogens is 3. The molecule has 210 valence electrons. The van der Waals surface area contributed by atoms with Gasteiger partial charge in [0.2, 0.25) is 23.7 Å². The van der Waals surface area contributed by atoms with Gasteiger partial charge in [-0.3, -0.25) is 9.36 Å². The highest BCUT2D eigenvalue weighted by atomic mass is 35.5. The van der Waals surface area contributed by atoms with Crippen molar-refractivity contribution in [3.63, 3.8) is 0 Å². The van der Waals surface area contributed by atoms with Crippen molar-refractivity contribution in [1.29, 1.82) is 0 Å². The molecule has 0 bridgehead atoms. The lowest BCUT2D eigenvalue weighted by Gasteiger charge is -2.29. The summed E-state index contributed by atoms with van der Waals surface area (Å²) in [5.41, 5.74) is 7.41. The predicted octanol–water partition coefficient (Wildman–Crippen LogP) is 6.27. The summed E-state index contributed by atoms with van der Waals surface area (Å²) in [4.78, 5) is 30.3. The van der Waals surface area contributed by atoms with E-state index < -0.39 is 0 Å². The first-order valence-corrected chi connectivity index (χ1v) is 14.5. The third-order valence-electron chi connectivity index (χ3n) is 7.93. The molecule has 2 saturated carbocycles. The quantitative estimate of drug-likeness (QED) is 0.222. The fraction of sp³-hybridized carbons (Fsp3) is 0.462. The zero-order valence-electron chi connectivity index (χ0n) is 21.5. The molecule has 3 aromatic heterocycles. The van der Waals surface area contributed by atoms with Crippen LogP contribution in [0.25, 0.3) is 11.2 Å². The molecule has 40 heavy (non-hydrogen) atoms. The number of carbonyl (C=O) groups is 1. The van der Waals surface area contributed by atoms with Crippen molar-refractivity contribution in [2.75, 3.05) is 10.6 Å². The van der Waals surface area contributed by atoms with E-state index in [2.05, 4.69) is 30.3 Å². The van der Waals surface area contributed by atoms with Crippen LogP contribution in [0.3, 0.4) is 0 Å². The van der Waals surface area contributed by atoms with Gasteiger partial charge in [-0.1, -0.05) is 40.0 Å². The molecule has 4 aromatic rings. The maximum Gasteiger partial charge on any atom is 0.229 e. The Morgan fingerprint density at radius 1 is 0.975 bits per heavy atom. The average molecular weight is 605 g/mol. The lowest BCUT2D eigenvalue weighted by atomic mass is 9.85. The lowest BCUT2D eigenvalue weighted by Crippen LogP contribution is -2.29. The topological polar surface area (TPSA) is 150 Å². The first-order chi connectivity index (χ1) is 19.4. The third kappa shape index (κ3) is 5.55. The molecule has 1 aromatic carbocycles. The van der Waals surface area contributed by atoms with Crippen LogP contribution in [0.4, 0.5) is 17.6 Å². The number of nitrogens with one attached hydrogen (secondary N) is 2. The van der Waals surface area contributed by atoms with Crippen molar-refractivity contribution >= 4 is 69.5 Å². The molecule has 14 heteroatoms. The van der Waals surface area contributed by atoms with Crippen LogP contribution in [-0.4, -0.2) is 41.6 Å². The molecule has 0 unspecified atom stereocenters. The molecule has 0 saturated heterocycles. The number of anilines is 3. The van der Waals surface area contributed by atoms with Crippen LogP contribution in [0.15, 0.2) is 29.2 Å². The minimum Gasteiger partial charge on any atom is -0.369 e. The molecule has 11 nitrogen and oxygen atoms in total. The summed E-state index contributed by atoms with van der Waals surface area (Å²) in [5.74, 6) is 1.67. The Morgan fingerprint density at radius 2 is 1.70 bits per heavy atom. The Morgan fingerprint density at radius 3 is 2.35 bits per heavy atom. The molecule has 3 heterocycles. The van der Waals surface area contributed by atoms with Crippen molar-refractivity contribution < 1.29 is 9.32 Å². The Hall–Kier alpha value is -3.15. The molecule has 0 spiro atoms. The number of amides is 1. The Labute approximate surface area is 245 Å². The van der Waals surface area contributed by atoms with Crippen LogP contribution in [0.2, 0.25) is 15.1 Å². The highest BCUT2D eigenvalue weighted by molar-refractivity contribution is 6.41. The number of hydrogen-bond acceptors (Lipinski definition) is 9. The van der Waals surface area contributed by atoms with Crippen molar-refractivity contribution in [2.45, 2.75) is 69.4 Å². The van der Waals surface area contributed by atoms with Gasteiger partial charge in [-0.15, -0.1) is 0 Å². The summed E-state index contributed by atoms with van der Waals surface area (Å²) in [6, 6.07) is 3.51. The van der Waals surface area contributed by atoms with E-state index in [4.69, 9.17) is 55.0 Å². The Balaban J connectivity index is 1.28. The molecule has 1 amide bonds. The van der Waals surface area contributed by atoms with E-state index in [-0.39, 0.29) is 29.8 Å². The third-order valence-corrected chi connectivity index (χ3v) is 8.74. The summed E-state index contributed by atoms with van der Waals surface area (Å²) >= 11 is 19.1. The molecule has 2 fully saturated rings. The van der Waals surface area contributed by atoms with Crippen molar-refractivity contribution in [3.8, 4) is 0 Å². The van der Waals surface area contributed by atoms with Gasteiger partial charge in [-0.2, -0.15) is 9.97 Å². The Kier molecular flexibility index (Phi) is 7.69. The summed E-state index contributed by atoms with van der Waals surface area (Å²) in [5, 5.41) is 11.7. The smallest absolute Gasteiger partial charge is 0.229 e. The van der Waals surface area contributed by atoms with Gasteiger partial charge in [0.25, 0.3) is 0 Å². The SMILES string of the molecule is NC(=O)[C@H]1CC[C@@H](n2c(Nc3c(Cl)cc(Cl)cc3Cl)nc3cnc(NC4CCC(c5ncno5)CC4)nc32)CC1. The summed E-state index contributed by atoms with van der Waals surface area (Å²) < 4.78 is 7.32. The summed E-state index contributed by atoms with van der Waals surface area (Å²) in [6.45, 7) is 0. The average Bonchev–Trinajstić information content (AvgIpc) is 3.59. The standard InChI is InChI=1S/C26H28Cl3N9O2/c27-15-9-18(28)21(19(29)10-15)36-26-35-20-11-31-25(34-16-5-1-14(2-6-16)24-32-12-33-40-24)37-23(20)38(26)17-7-3-13(4-8-17)22(30)39/h9-14,16-17H,1-8H2,(H2,30,39)(H,35,36)(H,31,34,37)/t13-,14?,16?,17+. The van der Waals surface area contributed by atoms with E-state index in [1.165, 1.54) is 6.33 Å². The van der Waals surface area contributed by atoms with Crippen molar-refractivity contribution in [3.05, 3.63) is 45.6 Å². The molecular weight excluding hydrogens is 577 g/mol. The number of nitrogens with zero attached hydrogens (tertiary/aromatic N) is 6. The number of aromatic nitrogens is 6. The van der Waals surface area contributed by atoms with E-state index in [0.29, 0.717) is 62.5 Å². The molecule has 2 aliphatic carbocycles. The minimum atomic E-state index is -0.255. The normalized spacial score (nSPS) is 23.3. The molecule has 6 rings (SSSR count). The van der Waals surface area contributed by atoms with Gasteiger partial charge < -0.3 is 20.9 Å². The van der Waals surface area contributed by atoms with E-state index in [1.807, 2.05) is 0 Å². The van der Waals surface area contributed by atoms with Crippen LogP contribution in [0.5, 0.6) is 0 Å². The predicted molar refractivity (Wildman–Crippen MR) is 153 cm³/mol. The van der Waals surface area contributed by atoms with Gasteiger partial charge in [0.15, 0.2) is 12.0 Å². The Bertz CT molecular complexity index is 1490. The number of rotatable bonds is 7. The number of nitrogens with two attached hydrogens (primary N) is 1. The van der Waals surface area contributed by atoms with E-state index >= 15 is 0 Å². The number of imidazole rings is 1. The van der Waals surface area contributed by atoms with Crippen molar-refractivity contribution in [2.24, 2.45) is 11.7 Å². The first-order valence-electron chi connectivity index (χ1n) is 13.3. The van der Waals surface area contributed by atoms with Gasteiger partial charge in [-0.25, -0.2) is 9.97 Å². The lowest BCUT2D eigenvalue weighted by molar-refractivity contribution is -0.122. The molecular formula is C26H28Cl3N9O2. The number of primary amides is 1. The van der Waals surface area contributed by atoms with Gasteiger partial charge in [0, 0.05) is 28.9 Å². The fourth-order valence-corrected chi connectivity index (χ4v) is 6.73. The second kappa shape index (κ2) is 11.4. The van der Waals surface area contributed by atoms with Crippen LogP contribution in [-0.2, 0) is 4.79 Å². The van der Waals surface area contributed by atoms with E-state index in [9.17, 15) is 4.79 Å². The zero-order valence-corrected chi connectivity index (χ0v) is 23.8. The number of hydrogen-bond donors (Lipinski definition) is 3. The van der Waals surface area contributed by atoms with Gasteiger partial charge in [0.05, 0.1) is 21.9 Å². The zero-order chi connectivity index (χ0) is 27.8. The highest BCUT2D eigenvalue weighted by Crippen LogP contribution is 2.40. The van der Waals surface area contributed by atoms with Crippen LogP contribution in [0.1, 0.15) is 69.2 Å². The minimum absolute atomic E-state index is 0.0422. The fourth-order valence-electron chi connectivity index (χ4n) is 5.82. The summed E-state index contributed by atoms with van der Waals surface area (Å²) in [6.07, 6.45) is 9.82. The highest BCUT2D eigenvalue weighted by Gasteiger charge is 2.30. The number of benzene rings is 1. The monoisotopic (exact) mass is 603 g/mol. The first kappa shape index (κ1) is 27.0. The molecule has 0 radical (unpaired) electrons. The maximum atomic E-state index is 11.8. The second-order valence-electron chi connectivity index (χ2n) is 10.5. The van der Waals surface area contributed by atoms with E-state index in [0.717, 1.165) is 38.5 Å². The number of carbonyl (C=O) groups excluding carboxylic acids is 1. The summed E-state index contributed by atoms with van der Waals surface area (Å²) in [7, 11) is 0. The van der Waals surface area contributed by atoms with Gasteiger partial charge >= 0.3 is 0 Å². The molecule has 0 atom stereocenters. The second-order valence-corrected chi connectivity index (χ2v) is 11.7. The maximum absolute atomic E-state index is 11.8.